The Hall–Kier alpha value is 0.140. The van der Waals surface area contributed by atoms with Crippen molar-refractivity contribution in [2.24, 2.45) is 5.92 Å². The first-order chi connectivity index (χ1) is 7.54. The molecular formula is C13H22BrNS. The fourth-order valence-electron chi connectivity index (χ4n) is 1.92. The van der Waals surface area contributed by atoms with E-state index in [1.165, 1.54) is 27.1 Å². The first-order valence-corrected chi connectivity index (χ1v) is 7.64. The maximum atomic E-state index is 3.59. The molecule has 0 aliphatic carbocycles. The second-order valence-corrected chi connectivity index (χ2v) is 7.28. The van der Waals surface area contributed by atoms with Crippen LogP contribution in [-0.2, 0) is 0 Å². The van der Waals surface area contributed by atoms with E-state index >= 15 is 0 Å². The van der Waals surface area contributed by atoms with Gasteiger partial charge >= 0.3 is 0 Å². The zero-order chi connectivity index (χ0) is 12.1. The van der Waals surface area contributed by atoms with Gasteiger partial charge in [-0.25, -0.2) is 0 Å². The van der Waals surface area contributed by atoms with E-state index in [1.54, 1.807) is 0 Å². The van der Waals surface area contributed by atoms with Crippen molar-refractivity contribution in [3.63, 3.8) is 0 Å². The highest BCUT2D eigenvalue weighted by Gasteiger charge is 2.15. The minimum Gasteiger partial charge on any atom is -0.310 e. The lowest BCUT2D eigenvalue weighted by molar-refractivity contribution is 0.448. The van der Waals surface area contributed by atoms with Crippen LogP contribution in [0.25, 0.3) is 0 Å². The molecule has 0 fully saturated rings. The van der Waals surface area contributed by atoms with Gasteiger partial charge in [-0.2, -0.15) is 0 Å². The second kappa shape index (κ2) is 6.77. The summed E-state index contributed by atoms with van der Waals surface area (Å²) in [6.45, 7) is 10.0. The van der Waals surface area contributed by atoms with Crippen molar-refractivity contribution in [1.29, 1.82) is 0 Å². The van der Waals surface area contributed by atoms with E-state index in [9.17, 15) is 0 Å². The topological polar surface area (TPSA) is 12.0 Å². The zero-order valence-corrected chi connectivity index (χ0v) is 13.0. The summed E-state index contributed by atoms with van der Waals surface area (Å²) >= 11 is 5.41. The summed E-state index contributed by atoms with van der Waals surface area (Å²) in [6.07, 6.45) is 2.51. The maximum absolute atomic E-state index is 3.59. The fourth-order valence-corrected chi connectivity index (χ4v) is 3.69. The molecule has 3 heteroatoms. The quantitative estimate of drug-likeness (QED) is 0.787. The standard InChI is InChI=1S/C13H22BrNS/c1-5-15-12(7-6-9(2)3)11-8-13(14)16-10(11)4/h8-9,12,15H,5-7H2,1-4H3. The molecule has 1 aromatic rings. The summed E-state index contributed by atoms with van der Waals surface area (Å²) in [6, 6.07) is 2.79. The van der Waals surface area contributed by atoms with Gasteiger partial charge in [0.15, 0.2) is 0 Å². The van der Waals surface area contributed by atoms with E-state index in [1.807, 2.05) is 11.3 Å². The number of rotatable bonds is 6. The van der Waals surface area contributed by atoms with Crippen LogP contribution in [0.5, 0.6) is 0 Å². The van der Waals surface area contributed by atoms with Crippen molar-refractivity contribution in [2.75, 3.05) is 6.54 Å². The summed E-state index contributed by atoms with van der Waals surface area (Å²) in [5.74, 6) is 0.781. The maximum Gasteiger partial charge on any atom is 0.0704 e. The predicted octanol–water partition coefficient (Wildman–Crippen LogP) is 4.91. The average Bonchev–Trinajstić information content (AvgIpc) is 2.52. The highest BCUT2D eigenvalue weighted by atomic mass is 79.9. The van der Waals surface area contributed by atoms with E-state index in [4.69, 9.17) is 0 Å². The minimum atomic E-state index is 0.523. The number of thiophene rings is 1. The molecule has 1 atom stereocenters. The third-order valence-electron chi connectivity index (χ3n) is 2.78. The molecule has 0 radical (unpaired) electrons. The summed E-state index contributed by atoms with van der Waals surface area (Å²) in [5.41, 5.74) is 1.47. The van der Waals surface area contributed by atoms with Gasteiger partial charge in [0.1, 0.15) is 0 Å². The van der Waals surface area contributed by atoms with Gasteiger partial charge in [-0.05, 0) is 59.8 Å². The van der Waals surface area contributed by atoms with E-state index in [2.05, 4.69) is 55.0 Å². The normalized spacial score (nSPS) is 13.4. The number of hydrogen-bond donors (Lipinski definition) is 1. The van der Waals surface area contributed by atoms with Crippen molar-refractivity contribution in [1.82, 2.24) is 5.32 Å². The molecule has 1 aromatic heterocycles. The Balaban J connectivity index is 2.72. The van der Waals surface area contributed by atoms with Gasteiger partial charge in [-0.3, -0.25) is 0 Å². The molecule has 0 spiro atoms. The van der Waals surface area contributed by atoms with Crippen molar-refractivity contribution >= 4 is 27.3 Å². The Morgan fingerprint density at radius 3 is 2.50 bits per heavy atom. The average molecular weight is 304 g/mol. The second-order valence-electron chi connectivity index (χ2n) is 4.64. The van der Waals surface area contributed by atoms with Crippen LogP contribution in [0.15, 0.2) is 9.85 Å². The molecule has 16 heavy (non-hydrogen) atoms. The monoisotopic (exact) mass is 303 g/mol. The highest BCUT2D eigenvalue weighted by Crippen LogP contribution is 2.32. The number of aryl methyl sites for hydroxylation is 1. The van der Waals surface area contributed by atoms with Gasteiger partial charge in [0.2, 0.25) is 0 Å². The molecule has 1 heterocycles. The first-order valence-electron chi connectivity index (χ1n) is 6.03. The molecule has 0 saturated heterocycles. The van der Waals surface area contributed by atoms with Gasteiger partial charge in [-0.15, -0.1) is 11.3 Å². The summed E-state index contributed by atoms with van der Waals surface area (Å²) in [7, 11) is 0. The van der Waals surface area contributed by atoms with Crippen LogP contribution < -0.4 is 5.32 Å². The van der Waals surface area contributed by atoms with Crippen LogP contribution in [-0.4, -0.2) is 6.54 Å². The number of hydrogen-bond acceptors (Lipinski definition) is 2. The summed E-state index contributed by atoms with van der Waals surface area (Å²) < 4.78 is 1.24. The molecule has 1 rings (SSSR count). The molecular weight excluding hydrogens is 282 g/mol. The zero-order valence-electron chi connectivity index (χ0n) is 10.6. The van der Waals surface area contributed by atoms with E-state index < -0.39 is 0 Å². The molecule has 0 amide bonds. The van der Waals surface area contributed by atoms with Crippen LogP contribution in [0.2, 0.25) is 0 Å². The number of halogens is 1. The lowest BCUT2D eigenvalue weighted by Crippen LogP contribution is -2.21. The van der Waals surface area contributed by atoms with Crippen LogP contribution in [0.1, 0.15) is 50.1 Å². The van der Waals surface area contributed by atoms with Gasteiger partial charge in [0.25, 0.3) is 0 Å². The van der Waals surface area contributed by atoms with Crippen LogP contribution in [0.4, 0.5) is 0 Å². The van der Waals surface area contributed by atoms with Crippen LogP contribution in [0.3, 0.4) is 0 Å². The van der Waals surface area contributed by atoms with Gasteiger partial charge < -0.3 is 5.32 Å². The third kappa shape index (κ3) is 4.19. The minimum absolute atomic E-state index is 0.523. The van der Waals surface area contributed by atoms with Crippen molar-refractivity contribution in [3.8, 4) is 0 Å². The summed E-state index contributed by atoms with van der Waals surface area (Å²) in [4.78, 5) is 1.43. The Bertz CT molecular complexity index is 320. The van der Waals surface area contributed by atoms with E-state index in [-0.39, 0.29) is 0 Å². The first kappa shape index (κ1) is 14.2. The molecule has 0 aromatic carbocycles. The lowest BCUT2D eigenvalue weighted by atomic mass is 9.98. The molecule has 0 aliphatic rings. The predicted molar refractivity (Wildman–Crippen MR) is 77.2 cm³/mol. The van der Waals surface area contributed by atoms with E-state index in [0.717, 1.165) is 12.5 Å². The Kier molecular flexibility index (Phi) is 6.01. The molecule has 92 valence electrons. The molecule has 0 aliphatic heterocycles. The SMILES string of the molecule is CCNC(CCC(C)C)c1cc(Br)sc1C. The Morgan fingerprint density at radius 1 is 1.38 bits per heavy atom. The molecule has 1 nitrogen and oxygen atoms in total. The van der Waals surface area contributed by atoms with Crippen molar-refractivity contribution < 1.29 is 0 Å². The lowest BCUT2D eigenvalue weighted by Gasteiger charge is -2.19. The van der Waals surface area contributed by atoms with Gasteiger partial charge in [0.05, 0.1) is 3.79 Å². The smallest absolute Gasteiger partial charge is 0.0704 e. The largest absolute Gasteiger partial charge is 0.310 e. The Morgan fingerprint density at radius 2 is 2.06 bits per heavy atom. The van der Waals surface area contributed by atoms with E-state index in [0.29, 0.717) is 6.04 Å². The van der Waals surface area contributed by atoms with Crippen LogP contribution in [0, 0.1) is 12.8 Å². The van der Waals surface area contributed by atoms with Crippen LogP contribution >= 0.6 is 27.3 Å². The van der Waals surface area contributed by atoms with Gasteiger partial charge in [0, 0.05) is 10.9 Å². The molecule has 1 unspecified atom stereocenters. The molecule has 0 bridgehead atoms. The summed E-state index contributed by atoms with van der Waals surface area (Å²) in [5, 5.41) is 3.59. The molecule has 1 N–H and O–H groups in total. The number of nitrogens with one attached hydrogen (secondary N) is 1. The van der Waals surface area contributed by atoms with Gasteiger partial charge in [-0.1, -0.05) is 20.8 Å². The van der Waals surface area contributed by atoms with Crippen molar-refractivity contribution in [2.45, 2.75) is 46.6 Å². The Labute approximate surface area is 112 Å². The molecule has 0 saturated carbocycles. The highest BCUT2D eigenvalue weighted by molar-refractivity contribution is 9.11. The fraction of sp³-hybridized carbons (Fsp3) is 0.692. The van der Waals surface area contributed by atoms with Crippen molar-refractivity contribution in [3.05, 3.63) is 20.3 Å². The third-order valence-corrected chi connectivity index (χ3v) is 4.35.